The third kappa shape index (κ3) is 3.20. The van der Waals surface area contributed by atoms with Crippen molar-refractivity contribution in [3.05, 3.63) is 17.5 Å². The van der Waals surface area contributed by atoms with Gasteiger partial charge in [0, 0.05) is 6.20 Å². The Morgan fingerprint density at radius 1 is 1.60 bits per heavy atom. The van der Waals surface area contributed by atoms with Gasteiger partial charge in [0.15, 0.2) is 5.16 Å². The van der Waals surface area contributed by atoms with Crippen molar-refractivity contribution in [1.82, 2.24) is 9.97 Å². The Hall–Kier alpha value is -1.10. The molecule has 0 aromatic carbocycles. The first kappa shape index (κ1) is 12.0. The van der Waals surface area contributed by atoms with E-state index < -0.39 is 5.97 Å². The summed E-state index contributed by atoms with van der Waals surface area (Å²) in [6.45, 7) is 2.07. The van der Waals surface area contributed by atoms with Gasteiger partial charge in [-0.15, -0.1) is 0 Å². The molecule has 0 spiro atoms. The van der Waals surface area contributed by atoms with Crippen LogP contribution in [0, 0.1) is 0 Å². The predicted molar refractivity (Wildman–Crippen MR) is 59.4 cm³/mol. The Bertz CT molecular complexity index is 355. The number of aromatic carboxylic acids is 1. The standard InChI is InChI=1S/C10H14N2O2S/c1-3-4-5-8-7(9(13)14)6-11-10(12-8)15-2/h6H,3-5H2,1-2H3,(H,13,14). The second kappa shape index (κ2) is 5.70. The zero-order valence-electron chi connectivity index (χ0n) is 8.86. The molecule has 1 aromatic heterocycles. The van der Waals surface area contributed by atoms with E-state index in [1.807, 2.05) is 6.26 Å². The number of hydrogen-bond donors (Lipinski definition) is 1. The molecular formula is C10H14N2O2S. The maximum absolute atomic E-state index is 10.9. The molecule has 0 atom stereocenters. The smallest absolute Gasteiger partial charge is 0.339 e. The summed E-state index contributed by atoms with van der Waals surface area (Å²) in [6.07, 6.45) is 5.95. The molecule has 1 rings (SSSR count). The molecule has 0 amide bonds. The molecule has 5 heteroatoms. The summed E-state index contributed by atoms with van der Waals surface area (Å²) in [5, 5.41) is 9.57. The van der Waals surface area contributed by atoms with Gasteiger partial charge in [-0.05, 0) is 19.1 Å². The average molecular weight is 226 g/mol. The number of thioether (sulfide) groups is 1. The third-order valence-corrected chi connectivity index (χ3v) is 2.59. The average Bonchev–Trinajstić information content (AvgIpc) is 2.25. The van der Waals surface area contributed by atoms with Gasteiger partial charge in [0.1, 0.15) is 0 Å². The highest BCUT2D eigenvalue weighted by molar-refractivity contribution is 7.98. The molecule has 15 heavy (non-hydrogen) atoms. The summed E-state index contributed by atoms with van der Waals surface area (Å²) in [7, 11) is 0. The van der Waals surface area contributed by atoms with Crippen LogP contribution in [-0.2, 0) is 6.42 Å². The molecule has 82 valence electrons. The van der Waals surface area contributed by atoms with E-state index in [0.717, 1.165) is 12.8 Å². The molecule has 0 unspecified atom stereocenters. The Balaban J connectivity index is 2.99. The van der Waals surface area contributed by atoms with Crippen molar-refractivity contribution < 1.29 is 9.90 Å². The largest absolute Gasteiger partial charge is 0.478 e. The van der Waals surface area contributed by atoms with E-state index in [1.165, 1.54) is 18.0 Å². The van der Waals surface area contributed by atoms with Crippen molar-refractivity contribution in [2.75, 3.05) is 6.26 Å². The van der Waals surface area contributed by atoms with Crippen LogP contribution in [0.2, 0.25) is 0 Å². The van der Waals surface area contributed by atoms with Gasteiger partial charge in [-0.2, -0.15) is 0 Å². The first-order valence-corrected chi connectivity index (χ1v) is 6.04. The zero-order valence-corrected chi connectivity index (χ0v) is 9.67. The lowest BCUT2D eigenvalue weighted by atomic mass is 10.1. The number of aryl methyl sites for hydroxylation is 1. The fraction of sp³-hybridized carbons (Fsp3) is 0.500. The van der Waals surface area contributed by atoms with Gasteiger partial charge in [-0.25, -0.2) is 14.8 Å². The molecule has 1 heterocycles. The van der Waals surface area contributed by atoms with Crippen molar-refractivity contribution in [1.29, 1.82) is 0 Å². The summed E-state index contributed by atoms with van der Waals surface area (Å²) >= 11 is 1.42. The van der Waals surface area contributed by atoms with Gasteiger partial charge in [0.25, 0.3) is 0 Å². The van der Waals surface area contributed by atoms with Crippen molar-refractivity contribution in [2.45, 2.75) is 31.3 Å². The van der Waals surface area contributed by atoms with E-state index in [9.17, 15) is 4.79 Å². The lowest BCUT2D eigenvalue weighted by molar-refractivity contribution is 0.0694. The summed E-state index contributed by atoms with van der Waals surface area (Å²) in [5.74, 6) is -0.950. The number of aromatic nitrogens is 2. The Morgan fingerprint density at radius 2 is 2.33 bits per heavy atom. The van der Waals surface area contributed by atoms with Crippen LogP contribution in [0.4, 0.5) is 0 Å². The number of carboxylic acids is 1. The second-order valence-electron chi connectivity index (χ2n) is 3.13. The summed E-state index contributed by atoms with van der Waals surface area (Å²) in [6, 6.07) is 0. The van der Waals surface area contributed by atoms with E-state index >= 15 is 0 Å². The Kier molecular flexibility index (Phi) is 4.55. The monoisotopic (exact) mass is 226 g/mol. The van der Waals surface area contributed by atoms with Crippen LogP contribution >= 0.6 is 11.8 Å². The third-order valence-electron chi connectivity index (χ3n) is 2.03. The van der Waals surface area contributed by atoms with Gasteiger partial charge in [-0.3, -0.25) is 0 Å². The molecule has 0 saturated carbocycles. The molecule has 1 aromatic rings. The van der Waals surface area contributed by atoms with E-state index in [2.05, 4.69) is 16.9 Å². The van der Waals surface area contributed by atoms with Crippen LogP contribution in [0.15, 0.2) is 11.4 Å². The Labute approximate surface area is 93.1 Å². The number of unbranched alkanes of at least 4 members (excludes halogenated alkanes) is 1. The van der Waals surface area contributed by atoms with Crippen LogP contribution in [-0.4, -0.2) is 27.3 Å². The van der Waals surface area contributed by atoms with E-state index in [1.54, 1.807) is 0 Å². The second-order valence-corrected chi connectivity index (χ2v) is 3.90. The zero-order chi connectivity index (χ0) is 11.3. The SMILES string of the molecule is CCCCc1nc(SC)ncc1C(=O)O. The highest BCUT2D eigenvalue weighted by atomic mass is 32.2. The van der Waals surface area contributed by atoms with Gasteiger partial charge in [0.2, 0.25) is 0 Å². The summed E-state index contributed by atoms with van der Waals surface area (Å²) in [5.41, 5.74) is 0.866. The van der Waals surface area contributed by atoms with E-state index in [4.69, 9.17) is 5.11 Å². The molecule has 0 aliphatic rings. The van der Waals surface area contributed by atoms with Crippen LogP contribution in [0.1, 0.15) is 35.8 Å². The van der Waals surface area contributed by atoms with Crippen molar-refractivity contribution in [3.8, 4) is 0 Å². The highest BCUT2D eigenvalue weighted by Gasteiger charge is 2.12. The molecule has 0 aliphatic carbocycles. The van der Waals surface area contributed by atoms with Crippen LogP contribution in [0.5, 0.6) is 0 Å². The Morgan fingerprint density at radius 3 is 2.87 bits per heavy atom. The molecule has 0 aliphatic heterocycles. The number of rotatable bonds is 5. The molecule has 0 bridgehead atoms. The molecule has 0 radical (unpaired) electrons. The minimum Gasteiger partial charge on any atom is -0.478 e. The minimum absolute atomic E-state index is 0.223. The number of hydrogen-bond acceptors (Lipinski definition) is 4. The van der Waals surface area contributed by atoms with Crippen LogP contribution in [0.25, 0.3) is 0 Å². The topological polar surface area (TPSA) is 63.1 Å². The predicted octanol–water partition coefficient (Wildman–Crippen LogP) is 2.24. The van der Waals surface area contributed by atoms with Gasteiger partial charge < -0.3 is 5.11 Å². The number of nitrogens with zero attached hydrogens (tertiary/aromatic N) is 2. The maximum Gasteiger partial charge on any atom is 0.339 e. The van der Waals surface area contributed by atoms with Gasteiger partial charge in [0.05, 0.1) is 11.3 Å². The molecular weight excluding hydrogens is 212 g/mol. The highest BCUT2D eigenvalue weighted by Crippen LogP contribution is 2.14. The maximum atomic E-state index is 10.9. The lowest BCUT2D eigenvalue weighted by Crippen LogP contribution is -2.07. The summed E-state index contributed by atoms with van der Waals surface area (Å²) in [4.78, 5) is 19.1. The summed E-state index contributed by atoms with van der Waals surface area (Å²) < 4.78 is 0. The lowest BCUT2D eigenvalue weighted by Gasteiger charge is -2.05. The molecule has 0 fully saturated rings. The quantitative estimate of drug-likeness (QED) is 0.616. The van der Waals surface area contributed by atoms with Crippen molar-refractivity contribution >= 4 is 17.7 Å². The number of carboxylic acid groups (broad SMARTS) is 1. The normalized spacial score (nSPS) is 10.3. The van der Waals surface area contributed by atoms with E-state index in [-0.39, 0.29) is 5.56 Å². The fourth-order valence-electron chi connectivity index (χ4n) is 1.21. The van der Waals surface area contributed by atoms with E-state index in [0.29, 0.717) is 17.3 Å². The first-order valence-electron chi connectivity index (χ1n) is 4.82. The van der Waals surface area contributed by atoms with Crippen LogP contribution < -0.4 is 0 Å². The van der Waals surface area contributed by atoms with Crippen LogP contribution in [0.3, 0.4) is 0 Å². The first-order chi connectivity index (χ1) is 7.19. The van der Waals surface area contributed by atoms with Crippen molar-refractivity contribution in [3.63, 3.8) is 0 Å². The van der Waals surface area contributed by atoms with Crippen molar-refractivity contribution in [2.24, 2.45) is 0 Å². The van der Waals surface area contributed by atoms with Gasteiger partial charge in [-0.1, -0.05) is 25.1 Å². The molecule has 4 nitrogen and oxygen atoms in total. The molecule has 1 N–H and O–H groups in total. The number of carbonyl (C=O) groups is 1. The minimum atomic E-state index is -0.950. The molecule has 0 saturated heterocycles. The van der Waals surface area contributed by atoms with Gasteiger partial charge >= 0.3 is 5.97 Å². The fourth-order valence-corrected chi connectivity index (χ4v) is 1.57.